The summed E-state index contributed by atoms with van der Waals surface area (Å²) in [5, 5.41) is -0.168. The number of ether oxygens (including phenoxy) is 1. The molecule has 17 heavy (non-hydrogen) atoms. The van der Waals surface area contributed by atoms with Gasteiger partial charge in [-0.05, 0) is 6.92 Å². The van der Waals surface area contributed by atoms with Gasteiger partial charge in [-0.1, -0.05) is 64.1 Å². The van der Waals surface area contributed by atoms with Crippen molar-refractivity contribution in [3.8, 4) is 5.75 Å². The summed E-state index contributed by atoms with van der Waals surface area (Å²) in [4.78, 5) is 11.3. The van der Waals surface area contributed by atoms with E-state index in [2.05, 4.69) is 0 Å². The minimum Gasteiger partial charge on any atom is -0.420 e. The fourth-order valence-electron chi connectivity index (χ4n) is 0.945. The molecule has 1 aromatic carbocycles. The molecule has 0 aliphatic carbocycles. The van der Waals surface area contributed by atoms with Crippen LogP contribution in [0.3, 0.4) is 0 Å². The molecule has 1 rings (SSSR count). The molecule has 0 amide bonds. The Hall–Kier alpha value is -0.120. The molecule has 0 aliphatic heterocycles. The molecule has 0 fully saturated rings. The number of esters is 1. The Balaban J connectivity index is 3.30. The molecule has 0 radical (unpaired) electrons. The Morgan fingerprint density at radius 2 is 1.35 bits per heavy atom. The Morgan fingerprint density at radius 1 is 0.941 bits per heavy atom. The third-order valence-corrected chi connectivity index (χ3v) is 3.92. The Morgan fingerprint density at radius 3 is 1.76 bits per heavy atom. The number of hydrogen-bond acceptors (Lipinski definition) is 2. The summed E-state index contributed by atoms with van der Waals surface area (Å²) in [6.07, 6.45) is 2.70. The molecule has 0 saturated heterocycles. The lowest BCUT2D eigenvalue weighted by molar-refractivity contribution is -0.128. The van der Waals surface area contributed by atoms with Crippen molar-refractivity contribution < 1.29 is 9.53 Å². The van der Waals surface area contributed by atoms with Crippen LogP contribution in [0.4, 0.5) is 0 Å². The van der Waals surface area contributed by atoms with Crippen molar-refractivity contribution in [3.05, 3.63) is 37.3 Å². The highest BCUT2D eigenvalue weighted by molar-refractivity contribution is 6.55. The quantitative estimate of drug-likeness (QED) is 0.237. The summed E-state index contributed by atoms with van der Waals surface area (Å²) in [5.41, 5.74) is 0. The van der Waals surface area contributed by atoms with Crippen LogP contribution in [-0.4, -0.2) is 5.97 Å². The second-order valence-corrected chi connectivity index (χ2v) is 4.71. The van der Waals surface area contributed by atoms with Gasteiger partial charge < -0.3 is 4.74 Å². The highest BCUT2D eigenvalue weighted by Crippen LogP contribution is 2.48. The van der Waals surface area contributed by atoms with E-state index in [1.807, 2.05) is 0 Å². The zero-order valence-electron chi connectivity index (χ0n) is 8.36. The number of rotatable bonds is 2. The number of allylic oxidation sites excluding steroid dienone is 1. The summed E-state index contributed by atoms with van der Waals surface area (Å²) in [5.74, 6) is -0.762. The molecule has 2 nitrogen and oxygen atoms in total. The van der Waals surface area contributed by atoms with Crippen molar-refractivity contribution in [2.75, 3.05) is 0 Å². The molecule has 0 heterocycles. The van der Waals surface area contributed by atoms with Crippen LogP contribution in [0.15, 0.2) is 12.2 Å². The number of hydrogen-bond donors (Lipinski definition) is 0. The minimum absolute atomic E-state index is 0.00849. The fourth-order valence-corrected chi connectivity index (χ4v) is 2.14. The summed E-state index contributed by atoms with van der Waals surface area (Å²) in [7, 11) is 0. The predicted octanol–water partition coefficient (Wildman–Crippen LogP) is 5.44. The van der Waals surface area contributed by atoms with E-state index >= 15 is 0 Å². The molecule has 0 unspecified atom stereocenters. The van der Waals surface area contributed by atoms with Crippen molar-refractivity contribution in [1.82, 2.24) is 0 Å². The number of benzene rings is 1. The molecular weight excluding hydrogens is 329 g/mol. The van der Waals surface area contributed by atoms with E-state index in [4.69, 9.17) is 62.7 Å². The molecule has 0 atom stereocenters. The zero-order chi connectivity index (χ0) is 13.2. The smallest absolute Gasteiger partial charge is 0.335 e. The third-order valence-electron chi connectivity index (χ3n) is 1.67. The molecule has 0 aromatic heterocycles. The van der Waals surface area contributed by atoms with E-state index in [1.165, 1.54) is 12.2 Å². The molecule has 0 saturated carbocycles. The van der Waals surface area contributed by atoms with Crippen LogP contribution in [0.25, 0.3) is 0 Å². The first-order valence-corrected chi connectivity index (χ1v) is 6.15. The summed E-state index contributed by atoms with van der Waals surface area (Å²) >= 11 is 29.1. The van der Waals surface area contributed by atoms with Gasteiger partial charge in [0.15, 0.2) is 5.75 Å². The summed E-state index contributed by atoms with van der Waals surface area (Å²) in [6, 6.07) is 0. The lowest BCUT2D eigenvalue weighted by Crippen LogP contribution is -2.05. The second kappa shape index (κ2) is 6.17. The van der Waals surface area contributed by atoms with E-state index in [1.54, 1.807) is 6.92 Å². The van der Waals surface area contributed by atoms with Crippen LogP contribution >= 0.6 is 58.0 Å². The van der Waals surface area contributed by atoms with Gasteiger partial charge in [0.1, 0.15) is 10.0 Å². The first-order chi connectivity index (χ1) is 7.90. The number of carbonyl (C=O) groups excluding carboxylic acids is 1. The van der Waals surface area contributed by atoms with E-state index in [0.717, 1.165) is 0 Å². The lowest BCUT2D eigenvalue weighted by atomic mass is 10.3. The Labute approximate surface area is 123 Å². The van der Waals surface area contributed by atoms with E-state index < -0.39 is 5.97 Å². The second-order valence-electron chi connectivity index (χ2n) is 2.82. The van der Waals surface area contributed by atoms with Crippen LogP contribution in [0.1, 0.15) is 6.92 Å². The van der Waals surface area contributed by atoms with Gasteiger partial charge in [-0.2, -0.15) is 0 Å². The van der Waals surface area contributed by atoms with Gasteiger partial charge in [0.2, 0.25) is 0 Å². The predicted molar refractivity (Wildman–Crippen MR) is 71.9 cm³/mol. The van der Waals surface area contributed by atoms with Gasteiger partial charge in [-0.25, -0.2) is 4.79 Å². The Kier molecular flexibility index (Phi) is 5.42. The molecule has 0 aliphatic rings. The SMILES string of the molecule is C/C=C/C(=O)Oc1c(Cl)c(Cl)c(Cl)c(Cl)c1Cl. The maximum Gasteiger partial charge on any atom is 0.335 e. The lowest BCUT2D eigenvalue weighted by Gasteiger charge is -2.11. The summed E-state index contributed by atoms with van der Waals surface area (Å²) < 4.78 is 4.92. The van der Waals surface area contributed by atoms with Gasteiger partial charge in [-0.3, -0.25) is 0 Å². The van der Waals surface area contributed by atoms with E-state index in [0.29, 0.717) is 0 Å². The topological polar surface area (TPSA) is 26.3 Å². The highest BCUT2D eigenvalue weighted by Gasteiger charge is 2.21. The first kappa shape index (κ1) is 14.9. The van der Waals surface area contributed by atoms with Crippen molar-refractivity contribution in [2.24, 2.45) is 0 Å². The van der Waals surface area contributed by atoms with Gasteiger partial charge in [0, 0.05) is 6.08 Å². The standard InChI is InChI=1S/C10H5Cl5O2/c1-2-3-4(16)17-10-8(14)6(12)5(11)7(13)9(10)15/h2-3H,1H3/b3-2+. The number of carbonyl (C=O) groups is 1. The van der Waals surface area contributed by atoms with Crippen molar-refractivity contribution in [3.63, 3.8) is 0 Å². The van der Waals surface area contributed by atoms with Crippen LogP contribution in [-0.2, 0) is 4.79 Å². The van der Waals surface area contributed by atoms with Gasteiger partial charge in [0.25, 0.3) is 0 Å². The van der Waals surface area contributed by atoms with Gasteiger partial charge in [0.05, 0.1) is 15.1 Å². The maximum atomic E-state index is 11.3. The molecule has 92 valence electrons. The fraction of sp³-hybridized carbons (Fsp3) is 0.100. The number of halogens is 5. The Bertz CT molecular complexity index is 467. The average molecular weight is 334 g/mol. The third kappa shape index (κ3) is 3.21. The van der Waals surface area contributed by atoms with Crippen molar-refractivity contribution >= 4 is 64.0 Å². The van der Waals surface area contributed by atoms with Gasteiger partial charge >= 0.3 is 5.97 Å². The van der Waals surface area contributed by atoms with Crippen LogP contribution in [0, 0.1) is 0 Å². The monoisotopic (exact) mass is 332 g/mol. The van der Waals surface area contributed by atoms with Crippen molar-refractivity contribution in [2.45, 2.75) is 6.92 Å². The normalized spacial score (nSPS) is 10.9. The molecule has 0 N–H and O–H groups in total. The molecule has 1 aromatic rings. The van der Waals surface area contributed by atoms with Crippen LogP contribution < -0.4 is 4.74 Å². The van der Waals surface area contributed by atoms with Crippen LogP contribution in [0.2, 0.25) is 25.1 Å². The van der Waals surface area contributed by atoms with E-state index in [-0.39, 0.29) is 30.9 Å². The van der Waals surface area contributed by atoms with Gasteiger partial charge in [-0.15, -0.1) is 0 Å². The first-order valence-electron chi connectivity index (χ1n) is 4.26. The van der Waals surface area contributed by atoms with Crippen LogP contribution in [0.5, 0.6) is 5.75 Å². The highest BCUT2D eigenvalue weighted by atomic mass is 35.5. The minimum atomic E-state index is -0.647. The van der Waals surface area contributed by atoms with E-state index in [9.17, 15) is 4.79 Å². The summed E-state index contributed by atoms with van der Waals surface area (Å²) in [6.45, 7) is 1.66. The average Bonchev–Trinajstić information content (AvgIpc) is 2.30. The zero-order valence-corrected chi connectivity index (χ0v) is 12.1. The molecule has 0 spiro atoms. The van der Waals surface area contributed by atoms with Crippen molar-refractivity contribution in [1.29, 1.82) is 0 Å². The molecular formula is C10H5Cl5O2. The maximum absolute atomic E-state index is 11.3. The molecule has 0 bridgehead atoms. The largest absolute Gasteiger partial charge is 0.420 e. The molecule has 7 heteroatoms.